The van der Waals surface area contributed by atoms with Crippen molar-refractivity contribution in [3.8, 4) is 0 Å². The fourth-order valence-corrected chi connectivity index (χ4v) is 5.70. The number of amidine groups is 1. The number of amides is 1. The van der Waals surface area contributed by atoms with E-state index in [1.165, 1.54) is 0 Å². The number of hydrogen-bond donors (Lipinski definition) is 3. The number of rotatable bonds is 4. The lowest BCUT2D eigenvalue weighted by Crippen LogP contribution is -2.45. The lowest BCUT2D eigenvalue weighted by Gasteiger charge is -2.31. The molecule has 3 aliphatic rings. The summed E-state index contributed by atoms with van der Waals surface area (Å²) in [5.74, 6) is -0.670. The topological polar surface area (TPSA) is 128 Å². The van der Waals surface area contributed by atoms with Crippen molar-refractivity contribution in [2.75, 3.05) is 20.1 Å². The van der Waals surface area contributed by atoms with Crippen molar-refractivity contribution in [2.24, 2.45) is 10.9 Å². The third-order valence-electron chi connectivity index (χ3n) is 7.86. The first-order valence-electron chi connectivity index (χ1n) is 13.1. The smallest absolute Gasteiger partial charge is 0.240 e. The number of nitrogens with one attached hydrogen (secondary N) is 3. The number of carbonyl (C=O) groups excluding carboxylic acids is 1. The second-order valence-electron chi connectivity index (χ2n) is 10.3. The van der Waals surface area contributed by atoms with Gasteiger partial charge in [-0.15, -0.1) is 0 Å². The van der Waals surface area contributed by atoms with Crippen LogP contribution in [0.4, 0.5) is 0 Å². The molecule has 1 amide bonds. The van der Waals surface area contributed by atoms with Gasteiger partial charge in [-0.3, -0.25) is 19.6 Å². The summed E-state index contributed by atoms with van der Waals surface area (Å²) >= 11 is 0. The van der Waals surface area contributed by atoms with E-state index in [0.717, 1.165) is 59.1 Å². The number of aromatic nitrogens is 5. The van der Waals surface area contributed by atoms with Crippen LogP contribution in [0.5, 0.6) is 0 Å². The van der Waals surface area contributed by atoms with Gasteiger partial charge in [-0.1, -0.05) is 12.1 Å². The predicted molar refractivity (Wildman–Crippen MR) is 149 cm³/mol. The Kier molecular flexibility index (Phi) is 5.55. The van der Waals surface area contributed by atoms with Gasteiger partial charge in [-0.05, 0) is 62.8 Å². The van der Waals surface area contributed by atoms with Crippen molar-refractivity contribution in [2.45, 2.75) is 18.9 Å². The maximum atomic E-state index is 13.6. The highest BCUT2D eigenvalue weighted by molar-refractivity contribution is 6.36. The molecule has 3 N–H and O–H groups in total. The van der Waals surface area contributed by atoms with Crippen LogP contribution in [0, 0.1) is 11.3 Å². The van der Waals surface area contributed by atoms with Crippen molar-refractivity contribution in [3.63, 3.8) is 0 Å². The van der Waals surface area contributed by atoms with Gasteiger partial charge >= 0.3 is 0 Å². The number of H-pyrrole nitrogens is 1. The van der Waals surface area contributed by atoms with Crippen LogP contribution in [-0.4, -0.2) is 67.5 Å². The molecule has 10 nitrogen and oxygen atoms in total. The molecule has 10 heteroatoms. The lowest BCUT2D eigenvalue weighted by molar-refractivity contribution is -0.121. The van der Waals surface area contributed by atoms with Crippen molar-refractivity contribution in [3.05, 3.63) is 89.8 Å². The molecule has 1 aliphatic carbocycles. The van der Waals surface area contributed by atoms with Gasteiger partial charge in [-0.25, -0.2) is 4.99 Å². The van der Waals surface area contributed by atoms with E-state index in [1.807, 2.05) is 47.3 Å². The fraction of sp³-hybridized carbons (Fsp3) is 0.241. The molecule has 4 aromatic rings. The summed E-state index contributed by atoms with van der Waals surface area (Å²) in [6.45, 7) is 2.07. The number of fused-ring (bicyclic) bond motifs is 2. The summed E-state index contributed by atoms with van der Waals surface area (Å²) in [6.07, 6.45) is 13.1. The summed E-state index contributed by atoms with van der Waals surface area (Å²) < 4.78 is 2.05. The number of pyridine rings is 1. The number of piperidine rings is 1. The van der Waals surface area contributed by atoms with Crippen molar-refractivity contribution in [1.29, 1.82) is 5.41 Å². The fourth-order valence-electron chi connectivity index (χ4n) is 5.70. The maximum Gasteiger partial charge on any atom is 0.240 e. The SMILES string of the molecule is CN1CCC(n2cc(C3=C4N=C(c5ccncc5)NC(=O)C4C(=N)C(c4cccc5[nH]ncc45)=C3)cn2)CC1. The molecule has 5 heterocycles. The first-order chi connectivity index (χ1) is 19.1. The summed E-state index contributed by atoms with van der Waals surface area (Å²) in [5.41, 5.74) is 5.60. The number of hydrogen-bond acceptors (Lipinski definition) is 7. The molecular formula is C29H27N9O. The number of nitrogens with zero attached hydrogens (tertiary/aromatic N) is 6. The molecule has 1 unspecified atom stereocenters. The highest BCUT2D eigenvalue weighted by Crippen LogP contribution is 2.41. The normalized spacial score (nSPS) is 20.6. The van der Waals surface area contributed by atoms with E-state index in [4.69, 9.17) is 10.1 Å². The quantitative estimate of drug-likeness (QED) is 0.382. The first kappa shape index (κ1) is 23.4. The van der Waals surface area contributed by atoms with Crippen LogP contribution in [0.25, 0.3) is 22.0 Å². The number of aliphatic imine (C=N–C) groups is 1. The third kappa shape index (κ3) is 4.00. The van der Waals surface area contributed by atoms with Gasteiger partial charge in [-0.2, -0.15) is 10.2 Å². The van der Waals surface area contributed by atoms with Gasteiger partial charge in [0.1, 0.15) is 11.8 Å². The molecule has 7 rings (SSSR count). The van der Waals surface area contributed by atoms with E-state index in [-0.39, 0.29) is 11.6 Å². The number of likely N-dealkylation sites (tertiary alicyclic amines) is 1. The second-order valence-corrected chi connectivity index (χ2v) is 10.3. The number of aromatic amines is 1. The molecule has 1 atom stereocenters. The van der Waals surface area contributed by atoms with E-state index in [9.17, 15) is 10.2 Å². The Balaban J connectivity index is 1.41. The molecule has 1 fully saturated rings. The van der Waals surface area contributed by atoms with Crippen LogP contribution >= 0.6 is 0 Å². The van der Waals surface area contributed by atoms with Crippen LogP contribution in [0.3, 0.4) is 0 Å². The Labute approximate surface area is 224 Å². The molecule has 0 saturated carbocycles. The van der Waals surface area contributed by atoms with Crippen LogP contribution in [0.2, 0.25) is 0 Å². The number of carbonyl (C=O) groups is 1. The van der Waals surface area contributed by atoms with Crippen LogP contribution in [0.15, 0.2) is 78.1 Å². The third-order valence-corrected chi connectivity index (χ3v) is 7.86. The van der Waals surface area contributed by atoms with Crippen molar-refractivity contribution in [1.82, 2.24) is 35.2 Å². The van der Waals surface area contributed by atoms with Gasteiger partial charge in [0.25, 0.3) is 0 Å². The minimum absolute atomic E-state index is 0.209. The van der Waals surface area contributed by atoms with E-state index in [2.05, 4.69) is 38.6 Å². The van der Waals surface area contributed by atoms with Gasteiger partial charge < -0.3 is 15.6 Å². The van der Waals surface area contributed by atoms with E-state index in [0.29, 0.717) is 23.1 Å². The van der Waals surface area contributed by atoms with Gasteiger partial charge in [0, 0.05) is 46.2 Å². The summed E-state index contributed by atoms with van der Waals surface area (Å²) in [6, 6.07) is 9.80. The Hall–Kier alpha value is -4.70. The minimum atomic E-state index is -0.848. The average Bonchev–Trinajstić information content (AvgIpc) is 3.64. The van der Waals surface area contributed by atoms with Crippen molar-refractivity contribution < 1.29 is 4.79 Å². The lowest BCUT2D eigenvalue weighted by atomic mass is 9.79. The van der Waals surface area contributed by atoms with Crippen molar-refractivity contribution >= 4 is 39.5 Å². The molecule has 39 heavy (non-hydrogen) atoms. The summed E-state index contributed by atoms with van der Waals surface area (Å²) in [4.78, 5) is 25.0. The molecule has 1 saturated heterocycles. The van der Waals surface area contributed by atoms with E-state index >= 15 is 0 Å². The first-order valence-corrected chi connectivity index (χ1v) is 13.1. The second kappa shape index (κ2) is 9.25. The van der Waals surface area contributed by atoms with Gasteiger partial charge in [0.05, 0.1) is 35.4 Å². The highest BCUT2D eigenvalue weighted by Gasteiger charge is 2.39. The zero-order valence-corrected chi connectivity index (χ0v) is 21.4. The van der Waals surface area contributed by atoms with Crippen LogP contribution < -0.4 is 5.32 Å². The average molecular weight is 518 g/mol. The Bertz CT molecular complexity index is 1700. The summed E-state index contributed by atoms with van der Waals surface area (Å²) in [7, 11) is 2.15. The molecule has 0 radical (unpaired) electrons. The molecule has 0 spiro atoms. The largest absolute Gasteiger partial charge is 0.309 e. The summed E-state index contributed by atoms with van der Waals surface area (Å²) in [5, 5.41) is 25.0. The van der Waals surface area contributed by atoms with E-state index in [1.54, 1.807) is 18.6 Å². The molecule has 1 aromatic carbocycles. The standard InChI is InChI=1S/C29H27N9O/c1-37-11-7-19(8-12-37)38-16-18(14-33-38)21-13-22(20-3-2-4-24-23(20)15-32-36-24)26(30)25-27(21)34-28(35-29(25)39)17-5-9-31-10-6-17/h2-6,9-10,13-16,19,25,30H,7-8,11-12H2,1H3,(H,32,36)(H,34,35,39). The molecule has 194 valence electrons. The van der Waals surface area contributed by atoms with E-state index < -0.39 is 5.92 Å². The highest BCUT2D eigenvalue weighted by atomic mass is 16.2. The Morgan fingerprint density at radius 3 is 2.69 bits per heavy atom. The monoisotopic (exact) mass is 517 g/mol. The minimum Gasteiger partial charge on any atom is -0.309 e. The predicted octanol–water partition coefficient (Wildman–Crippen LogP) is 3.44. The zero-order valence-electron chi connectivity index (χ0n) is 21.4. The van der Waals surface area contributed by atoms with Crippen LogP contribution in [-0.2, 0) is 4.79 Å². The van der Waals surface area contributed by atoms with Gasteiger partial charge in [0.2, 0.25) is 5.91 Å². The Morgan fingerprint density at radius 2 is 1.87 bits per heavy atom. The maximum absolute atomic E-state index is 13.6. The molecule has 2 aliphatic heterocycles. The van der Waals surface area contributed by atoms with Gasteiger partial charge in [0.15, 0.2) is 0 Å². The number of allylic oxidation sites excluding steroid dienone is 3. The zero-order chi connectivity index (χ0) is 26.5. The van der Waals surface area contributed by atoms with Crippen LogP contribution in [0.1, 0.15) is 35.6 Å². The number of benzene rings is 1. The molecular weight excluding hydrogens is 490 g/mol. The Morgan fingerprint density at radius 1 is 1.05 bits per heavy atom. The molecule has 3 aromatic heterocycles. The molecule has 0 bridgehead atoms.